The Labute approximate surface area is 119 Å². The van der Waals surface area contributed by atoms with Crippen LogP contribution in [0.5, 0.6) is 0 Å². The van der Waals surface area contributed by atoms with Gasteiger partial charge in [-0.25, -0.2) is 0 Å². The lowest BCUT2D eigenvalue weighted by atomic mass is 9.99. The van der Waals surface area contributed by atoms with Gasteiger partial charge in [-0.2, -0.15) is 5.10 Å². The van der Waals surface area contributed by atoms with Crippen molar-refractivity contribution in [2.75, 3.05) is 6.54 Å². The van der Waals surface area contributed by atoms with Gasteiger partial charge in [-0.15, -0.1) is 0 Å². The van der Waals surface area contributed by atoms with Crippen molar-refractivity contribution in [3.63, 3.8) is 0 Å². The van der Waals surface area contributed by atoms with Crippen LogP contribution >= 0.6 is 0 Å². The van der Waals surface area contributed by atoms with Gasteiger partial charge in [-0.3, -0.25) is 9.58 Å². The average molecular weight is 274 g/mol. The highest BCUT2D eigenvalue weighted by atomic mass is 16.5. The van der Waals surface area contributed by atoms with Crippen LogP contribution in [0.3, 0.4) is 0 Å². The van der Waals surface area contributed by atoms with E-state index < -0.39 is 0 Å². The Morgan fingerprint density at radius 3 is 3.10 bits per heavy atom. The molecule has 1 atom stereocenters. The molecular weight excluding hydrogens is 252 g/mol. The molecule has 5 heteroatoms. The molecule has 1 fully saturated rings. The van der Waals surface area contributed by atoms with Crippen molar-refractivity contribution < 1.29 is 4.52 Å². The molecule has 0 unspecified atom stereocenters. The van der Waals surface area contributed by atoms with E-state index in [1.165, 1.54) is 19.3 Å². The molecular formula is C15H22N4O. The number of hydrogen-bond acceptors (Lipinski definition) is 4. The summed E-state index contributed by atoms with van der Waals surface area (Å²) in [5.74, 6) is 0.980. The van der Waals surface area contributed by atoms with Gasteiger partial charge in [0, 0.05) is 31.0 Å². The summed E-state index contributed by atoms with van der Waals surface area (Å²) in [6, 6.07) is 4.65. The first-order valence-corrected chi connectivity index (χ1v) is 7.45. The number of likely N-dealkylation sites (tertiary alicyclic amines) is 1. The second kappa shape index (κ2) is 6.22. The molecule has 2 aromatic heterocycles. The predicted octanol–water partition coefficient (Wildman–Crippen LogP) is 2.62. The van der Waals surface area contributed by atoms with Crippen LogP contribution in [-0.2, 0) is 13.1 Å². The molecule has 3 heterocycles. The van der Waals surface area contributed by atoms with Gasteiger partial charge in [0.25, 0.3) is 0 Å². The van der Waals surface area contributed by atoms with Crippen molar-refractivity contribution >= 4 is 0 Å². The first kappa shape index (κ1) is 13.4. The summed E-state index contributed by atoms with van der Waals surface area (Å²) in [6.07, 6.45) is 8.91. The number of rotatable bonds is 5. The maximum Gasteiger partial charge on any atom is 0.150 e. The molecule has 0 aliphatic carbocycles. The Morgan fingerprint density at radius 2 is 2.35 bits per heavy atom. The van der Waals surface area contributed by atoms with Crippen LogP contribution in [0.2, 0.25) is 0 Å². The van der Waals surface area contributed by atoms with Gasteiger partial charge in [0.15, 0.2) is 5.76 Å². The summed E-state index contributed by atoms with van der Waals surface area (Å²) < 4.78 is 7.38. The van der Waals surface area contributed by atoms with Crippen LogP contribution < -0.4 is 0 Å². The Balaban J connectivity index is 1.58. The van der Waals surface area contributed by atoms with Gasteiger partial charge in [0.05, 0.1) is 12.2 Å². The monoisotopic (exact) mass is 274 g/mol. The lowest BCUT2D eigenvalue weighted by Crippen LogP contribution is -2.39. The minimum Gasteiger partial charge on any atom is -0.360 e. The second-order valence-electron chi connectivity index (χ2n) is 5.61. The summed E-state index contributed by atoms with van der Waals surface area (Å²) in [5.41, 5.74) is 0.963. The molecule has 0 amide bonds. The second-order valence-corrected chi connectivity index (χ2v) is 5.61. The van der Waals surface area contributed by atoms with Gasteiger partial charge < -0.3 is 4.52 Å². The predicted molar refractivity (Wildman–Crippen MR) is 76.1 cm³/mol. The summed E-state index contributed by atoms with van der Waals surface area (Å²) in [7, 11) is 0. The van der Waals surface area contributed by atoms with Gasteiger partial charge in [0.2, 0.25) is 0 Å². The molecule has 1 aliphatic heterocycles. The van der Waals surface area contributed by atoms with E-state index in [1.807, 2.05) is 36.1 Å². The number of nitrogens with zero attached hydrogens (tertiary/aromatic N) is 4. The fourth-order valence-corrected chi connectivity index (χ4v) is 3.00. The van der Waals surface area contributed by atoms with Crippen LogP contribution in [0.1, 0.15) is 37.1 Å². The van der Waals surface area contributed by atoms with Crippen LogP contribution in [-0.4, -0.2) is 32.4 Å². The van der Waals surface area contributed by atoms with E-state index in [9.17, 15) is 0 Å². The smallest absolute Gasteiger partial charge is 0.150 e. The zero-order chi connectivity index (χ0) is 13.8. The Kier molecular flexibility index (Phi) is 4.16. The first-order chi connectivity index (χ1) is 9.81. The molecule has 2 aromatic rings. The Bertz CT molecular complexity index is 520. The molecule has 0 saturated carbocycles. The molecule has 0 spiro atoms. The molecule has 0 radical (unpaired) electrons. The van der Waals surface area contributed by atoms with E-state index in [1.54, 1.807) is 0 Å². The standard InChI is InChI=1S/C15H22N4O/c1-13-11-15(20-17-13)12-18-8-3-2-5-14(18)6-10-19-9-4-7-16-19/h4,7,9,11,14H,2-3,5-6,8,10,12H2,1H3/t14-/m0/s1. The highest BCUT2D eigenvalue weighted by molar-refractivity contribution is 5.03. The maximum absolute atomic E-state index is 5.36. The van der Waals surface area contributed by atoms with Crippen molar-refractivity contribution in [3.05, 3.63) is 36.0 Å². The van der Waals surface area contributed by atoms with Gasteiger partial charge in [-0.1, -0.05) is 11.6 Å². The van der Waals surface area contributed by atoms with Crippen LogP contribution in [0.15, 0.2) is 29.0 Å². The first-order valence-electron chi connectivity index (χ1n) is 7.45. The third-order valence-corrected chi connectivity index (χ3v) is 4.04. The van der Waals surface area contributed by atoms with Gasteiger partial charge in [-0.05, 0) is 38.8 Å². The Morgan fingerprint density at radius 1 is 1.40 bits per heavy atom. The van der Waals surface area contributed by atoms with Gasteiger partial charge >= 0.3 is 0 Å². The lowest BCUT2D eigenvalue weighted by Gasteiger charge is -2.35. The normalized spacial score (nSPS) is 20.4. The number of piperidine rings is 1. The zero-order valence-electron chi connectivity index (χ0n) is 12.0. The van der Waals surface area contributed by atoms with Crippen molar-refractivity contribution in [3.8, 4) is 0 Å². The fourth-order valence-electron chi connectivity index (χ4n) is 3.00. The molecule has 5 nitrogen and oxygen atoms in total. The summed E-state index contributed by atoms with van der Waals surface area (Å²) in [4.78, 5) is 2.53. The van der Waals surface area contributed by atoms with Crippen LogP contribution in [0, 0.1) is 6.92 Å². The molecule has 0 N–H and O–H groups in total. The summed E-state index contributed by atoms with van der Waals surface area (Å²) in [6.45, 7) is 5.00. The number of hydrogen-bond donors (Lipinski definition) is 0. The highest BCUT2D eigenvalue weighted by Gasteiger charge is 2.23. The van der Waals surface area contributed by atoms with E-state index in [-0.39, 0.29) is 0 Å². The van der Waals surface area contributed by atoms with E-state index >= 15 is 0 Å². The summed E-state index contributed by atoms with van der Waals surface area (Å²) >= 11 is 0. The van der Waals surface area contributed by atoms with E-state index in [0.717, 1.165) is 37.5 Å². The molecule has 1 aliphatic rings. The molecule has 0 bridgehead atoms. The van der Waals surface area contributed by atoms with Crippen molar-refractivity contribution in [1.82, 2.24) is 19.8 Å². The number of aryl methyl sites for hydroxylation is 2. The minimum atomic E-state index is 0.623. The molecule has 3 rings (SSSR count). The highest BCUT2D eigenvalue weighted by Crippen LogP contribution is 2.22. The summed E-state index contributed by atoms with van der Waals surface area (Å²) in [5, 5.41) is 8.26. The third kappa shape index (κ3) is 3.28. The third-order valence-electron chi connectivity index (χ3n) is 4.04. The molecule has 20 heavy (non-hydrogen) atoms. The average Bonchev–Trinajstić information content (AvgIpc) is 3.10. The topological polar surface area (TPSA) is 47.1 Å². The number of aromatic nitrogens is 3. The fraction of sp³-hybridized carbons (Fsp3) is 0.600. The van der Waals surface area contributed by atoms with Crippen LogP contribution in [0.25, 0.3) is 0 Å². The van der Waals surface area contributed by atoms with E-state index in [4.69, 9.17) is 4.52 Å². The molecule has 1 saturated heterocycles. The lowest BCUT2D eigenvalue weighted by molar-refractivity contribution is 0.115. The minimum absolute atomic E-state index is 0.623. The quantitative estimate of drug-likeness (QED) is 0.841. The maximum atomic E-state index is 5.36. The Hall–Kier alpha value is -1.62. The SMILES string of the molecule is Cc1cc(CN2CCCC[C@H]2CCn2cccn2)on1. The van der Waals surface area contributed by atoms with E-state index in [0.29, 0.717) is 6.04 Å². The molecule has 108 valence electrons. The van der Waals surface area contributed by atoms with Crippen molar-refractivity contribution in [2.45, 2.75) is 51.7 Å². The van der Waals surface area contributed by atoms with Crippen molar-refractivity contribution in [2.24, 2.45) is 0 Å². The molecule has 0 aromatic carbocycles. The van der Waals surface area contributed by atoms with Crippen LogP contribution in [0.4, 0.5) is 0 Å². The zero-order valence-corrected chi connectivity index (χ0v) is 12.0. The van der Waals surface area contributed by atoms with E-state index in [2.05, 4.69) is 15.2 Å². The largest absolute Gasteiger partial charge is 0.360 e. The van der Waals surface area contributed by atoms with Gasteiger partial charge in [0.1, 0.15) is 0 Å². The van der Waals surface area contributed by atoms with Crippen molar-refractivity contribution in [1.29, 1.82) is 0 Å².